The number of para-hydroxylation sites is 2. The molecule has 2 aliphatic carbocycles. The van der Waals surface area contributed by atoms with Gasteiger partial charge in [-0.3, -0.25) is 0 Å². The van der Waals surface area contributed by atoms with Gasteiger partial charge in [-0.25, -0.2) is 9.97 Å². The Morgan fingerprint density at radius 1 is 0.468 bits per heavy atom. The number of benzene rings is 7. The van der Waals surface area contributed by atoms with Crippen LogP contribution in [-0.4, -0.2) is 20.6 Å². The maximum absolute atomic E-state index is 5.08. The number of allylic oxidation sites excluding steroid dienone is 6. The van der Waals surface area contributed by atoms with Gasteiger partial charge >= 0.3 is 0 Å². The molecule has 2 atom stereocenters. The monoisotopic (exact) mass is 794 g/mol. The summed E-state index contributed by atoms with van der Waals surface area (Å²) >= 11 is 0. The first-order valence-corrected chi connectivity index (χ1v) is 21.6. The highest BCUT2D eigenvalue weighted by Crippen LogP contribution is 2.49. The first-order valence-electron chi connectivity index (χ1n) is 21.6. The fourth-order valence-electron chi connectivity index (χ4n) is 9.76. The van der Waals surface area contributed by atoms with Crippen LogP contribution in [0.2, 0.25) is 0 Å². The summed E-state index contributed by atoms with van der Waals surface area (Å²) in [5.41, 5.74) is 17.3. The van der Waals surface area contributed by atoms with Crippen LogP contribution in [0.25, 0.3) is 72.5 Å². The van der Waals surface area contributed by atoms with E-state index in [1.165, 1.54) is 61.0 Å². The Morgan fingerprint density at radius 2 is 1.11 bits per heavy atom. The maximum atomic E-state index is 5.08. The third-order valence-corrected chi connectivity index (χ3v) is 12.8. The van der Waals surface area contributed by atoms with E-state index < -0.39 is 0 Å². The zero-order valence-electron chi connectivity index (χ0n) is 34.1. The third kappa shape index (κ3) is 6.22. The minimum atomic E-state index is 0.171. The van der Waals surface area contributed by atoms with Gasteiger partial charge in [0.25, 0.3) is 0 Å². The van der Waals surface area contributed by atoms with Gasteiger partial charge in [-0.05, 0) is 95.3 Å². The highest BCUT2D eigenvalue weighted by Gasteiger charge is 2.38. The van der Waals surface area contributed by atoms with Crippen molar-refractivity contribution in [1.82, 2.24) is 14.5 Å². The predicted octanol–water partition coefficient (Wildman–Crippen LogP) is 14.6. The van der Waals surface area contributed by atoms with Crippen molar-refractivity contribution < 1.29 is 0 Å². The number of hydrogen-bond acceptors (Lipinski definition) is 3. The van der Waals surface area contributed by atoms with Crippen LogP contribution < -0.4 is 4.90 Å². The number of anilines is 2. The Morgan fingerprint density at radius 3 is 1.89 bits per heavy atom. The van der Waals surface area contributed by atoms with Crippen molar-refractivity contribution in [3.8, 4) is 39.6 Å². The second-order valence-electron chi connectivity index (χ2n) is 16.4. The molecule has 62 heavy (non-hydrogen) atoms. The number of nitrogens with zero attached hydrogens (tertiary/aromatic N) is 4. The molecule has 3 heterocycles. The van der Waals surface area contributed by atoms with Gasteiger partial charge < -0.3 is 9.47 Å². The number of rotatable bonds is 7. The summed E-state index contributed by atoms with van der Waals surface area (Å²) in [4.78, 5) is 12.6. The smallest absolute Gasteiger partial charge is 0.160 e. The highest BCUT2D eigenvalue weighted by molar-refractivity contribution is 6.10. The van der Waals surface area contributed by atoms with Crippen molar-refractivity contribution in [3.63, 3.8) is 0 Å². The van der Waals surface area contributed by atoms with Gasteiger partial charge in [0.05, 0.1) is 28.5 Å². The average Bonchev–Trinajstić information content (AvgIpc) is 3.87. The zero-order chi connectivity index (χ0) is 41.0. The Bertz CT molecular complexity index is 3220. The van der Waals surface area contributed by atoms with Gasteiger partial charge in [-0.15, -0.1) is 0 Å². The molecule has 7 aromatic carbocycles. The van der Waals surface area contributed by atoms with Gasteiger partial charge in [-0.2, -0.15) is 0 Å². The molecular weight excluding hydrogens is 753 g/mol. The molecule has 2 unspecified atom stereocenters. The lowest BCUT2D eigenvalue weighted by molar-refractivity contribution is 0.747. The summed E-state index contributed by atoms with van der Waals surface area (Å²) in [6.45, 7) is 0. The van der Waals surface area contributed by atoms with Crippen LogP contribution >= 0.6 is 0 Å². The van der Waals surface area contributed by atoms with Crippen LogP contribution in [0.15, 0.2) is 218 Å². The Hall–Kier alpha value is -7.82. The molecule has 0 N–H and O–H groups in total. The molecule has 294 valence electrons. The molecule has 0 bridgehead atoms. The minimum absolute atomic E-state index is 0.171. The van der Waals surface area contributed by atoms with Gasteiger partial charge in [0.15, 0.2) is 5.82 Å². The summed E-state index contributed by atoms with van der Waals surface area (Å²) in [7, 11) is 0. The topological polar surface area (TPSA) is 34.0 Å². The maximum Gasteiger partial charge on any atom is 0.160 e. The Balaban J connectivity index is 0.903. The van der Waals surface area contributed by atoms with E-state index in [1.807, 2.05) is 24.3 Å². The van der Waals surface area contributed by atoms with Crippen molar-refractivity contribution in [2.24, 2.45) is 0 Å². The third-order valence-electron chi connectivity index (χ3n) is 12.8. The fourth-order valence-corrected chi connectivity index (χ4v) is 9.76. The van der Waals surface area contributed by atoms with E-state index in [0.717, 1.165) is 46.6 Å². The van der Waals surface area contributed by atoms with Crippen LogP contribution in [0.3, 0.4) is 0 Å². The molecule has 0 saturated heterocycles. The van der Waals surface area contributed by atoms with E-state index in [-0.39, 0.29) is 12.0 Å². The van der Waals surface area contributed by atoms with Crippen LogP contribution in [0.5, 0.6) is 0 Å². The average molecular weight is 795 g/mol. The van der Waals surface area contributed by atoms with Gasteiger partial charge in [0.2, 0.25) is 0 Å². The van der Waals surface area contributed by atoms with E-state index in [4.69, 9.17) is 9.97 Å². The molecule has 4 heteroatoms. The molecule has 1 aliphatic heterocycles. The highest BCUT2D eigenvalue weighted by atomic mass is 15.2. The molecule has 0 radical (unpaired) electrons. The second kappa shape index (κ2) is 15.0. The van der Waals surface area contributed by atoms with Crippen molar-refractivity contribution in [3.05, 3.63) is 235 Å². The molecule has 0 amide bonds. The van der Waals surface area contributed by atoms with Gasteiger partial charge in [0, 0.05) is 50.4 Å². The van der Waals surface area contributed by atoms with Crippen LogP contribution in [0, 0.1) is 0 Å². The van der Waals surface area contributed by atoms with Crippen molar-refractivity contribution in [1.29, 1.82) is 0 Å². The molecule has 0 saturated carbocycles. The standard InChI is InChI=1S/C58H42N4/c1-4-14-39(15-5-1)40-24-30-47(31-25-40)62-54-22-12-10-20-48(54)50-34-28-45(37-57(50)62)44-29-35-56-51(36-44)49-21-11-13-23-55(49)61(56)46-32-26-42(27-33-46)53-38-52(41-16-6-2-7-17-41)59-58(60-53)43-18-8-3-9-19-43/h2-4,6-38,50,57H,1,5H2. The van der Waals surface area contributed by atoms with E-state index in [2.05, 4.69) is 204 Å². The summed E-state index contributed by atoms with van der Waals surface area (Å²) in [5.74, 6) is 0.997. The molecule has 0 spiro atoms. The SMILES string of the molecule is C1=CC(c2ccc(N3c4ccccc4C4C=CC(c5ccc6c(c5)c5ccccc5n6-c5ccc(-c6cc(-c7ccccc7)nc(-c7ccccc7)n6)cc5)=CC43)cc2)=CCC1. The number of fused-ring (bicyclic) bond motifs is 6. The lowest BCUT2D eigenvalue weighted by Gasteiger charge is -2.30. The molecule has 3 aliphatic rings. The van der Waals surface area contributed by atoms with E-state index >= 15 is 0 Å². The summed E-state index contributed by atoms with van der Waals surface area (Å²) < 4.78 is 2.39. The molecule has 9 aromatic rings. The molecule has 2 aromatic heterocycles. The largest absolute Gasteiger partial charge is 0.333 e. The van der Waals surface area contributed by atoms with Crippen molar-refractivity contribution >= 4 is 44.3 Å². The van der Waals surface area contributed by atoms with Crippen molar-refractivity contribution in [2.75, 3.05) is 4.90 Å². The summed E-state index contributed by atoms with van der Waals surface area (Å²) in [6, 6.07) is 65.5. The Kier molecular flexibility index (Phi) is 8.74. The molecular formula is C58H42N4. The van der Waals surface area contributed by atoms with E-state index in [1.54, 1.807) is 0 Å². The normalized spacial score (nSPS) is 16.6. The lowest BCUT2D eigenvalue weighted by atomic mass is 9.86. The Labute approximate surface area is 361 Å². The molecule has 4 nitrogen and oxygen atoms in total. The van der Waals surface area contributed by atoms with Crippen LogP contribution in [0.1, 0.15) is 35.4 Å². The summed E-state index contributed by atoms with van der Waals surface area (Å²) in [6.07, 6.45) is 16.4. The number of hydrogen-bond donors (Lipinski definition) is 0. The zero-order valence-corrected chi connectivity index (χ0v) is 34.1. The summed E-state index contributed by atoms with van der Waals surface area (Å²) in [5, 5.41) is 2.48. The minimum Gasteiger partial charge on any atom is -0.333 e. The first-order chi connectivity index (χ1) is 30.7. The quantitative estimate of drug-likeness (QED) is 0.161. The van der Waals surface area contributed by atoms with Crippen LogP contribution in [0.4, 0.5) is 11.4 Å². The fraction of sp³-hybridized carbons (Fsp3) is 0.0690. The van der Waals surface area contributed by atoms with Gasteiger partial charge in [-0.1, -0.05) is 164 Å². The predicted molar refractivity (Wildman–Crippen MR) is 258 cm³/mol. The molecule has 0 fully saturated rings. The van der Waals surface area contributed by atoms with E-state index in [9.17, 15) is 0 Å². The van der Waals surface area contributed by atoms with Crippen LogP contribution in [-0.2, 0) is 0 Å². The van der Waals surface area contributed by atoms with Gasteiger partial charge in [0.1, 0.15) is 0 Å². The van der Waals surface area contributed by atoms with E-state index in [0.29, 0.717) is 5.82 Å². The lowest BCUT2D eigenvalue weighted by Crippen LogP contribution is -2.29. The number of aromatic nitrogens is 3. The first kappa shape index (κ1) is 36.1. The second-order valence-corrected chi connectivity index (χ2v) is 16.4. The molecule has 12 rings (SSSR count). The van der Waals surface area contributed by atoms with Crippen molar-refractivity contribution in [2.45, 2.75) is 24.8 Å².